The van der Waals surface area contributed by atoms with Crippen LogP contribution >= 0.6 is 0 Å². The minimum Gasteiger partial charge on any atom is -0.478 e. The number of rotatable bonds is 9. The van der Waals surface area contributed by atoms with Gasteiger partial charge in [0.05, 0.1) is 28.8 Å². The van der Waals surface area contributed by atoms with Crippen molar-refractivity contribution in [2.24, 2.45) is 7.05 Å². The van der Waals surface area contributed by atoms with E-state index in [0.717, 1.165) is 17.7 Å². The van der Waals surface area contributed by atoms with Crippen LogP contribution in [-0.4, -0.2) is 40.4 Å². The zero-order valence-corrected chi connectivity index (χ0v) is 23.6. The molecular formula is C32H25F3N6O3. The molecule has 0 aliphatic rings. The van der Waals surface area contributed by atoms with Crippen molar-refractivity contribution in [3.63, 3.8) is 0 Å². The van der Waals surface area contributed by atoms with E-state index in [2.05, 4.69) is 20.1 Å². The molecule has 6 aromatic rings. The highest BCUT2D eigenvalue weighted by Gasteiger charge is 2.20. The van der Waals surface area contributed by atoms with Crippen molar-refractivity contribution in [2.75, 3.05) is 0 Å². The van der Waals surface area contributed by atoms with Gasteiger partial charge in [0.2, 0.25) is 5.88 Å². The highest BCUT2D eigenvalue weighted by Crippen LogP contribution is 2.28. The van der Waals surface area contributed by atoms with Crippen molar-refractivity contribution in [3.05, 3.63) is 124 Å². The van der Waals surface area contributed by atoms with Gasteiger partial charge in [-0.2, -0.15) is 5.10 Å². The Hall–Kier alpha value is -5.52. The fraction of sp³-hybridized carbons (Fsp3) is 0.156. The van der Waals surface area contributed by atoms with E-state index in [1.54, 1.807) is 53.6 Å². The van der Waals surface area contributed by atoms with Crippen LogP contribution in [0.4, 0.5) is 13.2 Å². The van der Waals surface area contributed by atoms with Crippen LogP contribution in [0.3, 0.4) is 0 Å². The van der Waals surface area contributed by atoms with Gasteiger partial charge < -0.3 is 14.4 Å². The van der Waals surface area contributed by atoms with Crippen LogP contribution in [0.15, 0.2) is 73.1 Å². The van der Waals surface area contributed by atoms with Gasteiger partial charge >= 0.3 is 5.97 Å². The van der Waals surface area contributed by atoms with Gasteiger partial charge in [-0.3, -0.25) is 4.68 Å². The maximum Gasteiger partial charge on any atom is 0.335 e. The summed E-state index contributed by atoms with van der Waals surface area (Å²) in [6.45, 7) is 1.88. The van der Waals surface area contributed by atoms with Crippen LogP contribution in [0.5, 0.6) is 5.88 Å². The Morgan fingerprint density at radius 1 is 0.909 bits per heavy atom. The van der Waals surface area contributed by atoms with Crippen molar-refractivity contribution in [2.45, 2.75) is 26.5 Å². The zero-order chi connectivity index (χ0) is 31.0. The quantitative estimate of drug-likeness (QED) is 0.222. The van der Waals surface area contributed by atoms with Crippen LogP contribution in [-0.2, 0) is 26.6 Å². The first-order valence-electron chi connectivity index (χ1n) is 13.5. The summed E-state index contributed by atoms with van der Waals surface area (Å²) in [6, 6.07) is 16.1. The maximum absolute atomic E-state index is 15.5. The lowest BCUT2D eigenvalue weighted by atomic mass is 10.0. The molecule has 9 nitrogen and oxygen atoms in total. The summed E-state index contributed by atoms with van der Waals surface area (Å²) in [7, 11) is 1.71. The minimum atomic E-state index is -1.10. The molecule has 0 bridgehead atoms. The number of halogens is 3. The average molecular weight is 599 g/mol. The third kappa shape index (κ3) is 5.74. The van der Waals surface area contributed by atoms with Crippen LogP contribution in [0.25, 0.3) is 22.3 Å². The molecule has 0 amide bonds. The summed E-state index contributed by atoms with van der Waals surface area (Å²) in [5, 5.41) is 13.6. The predicted octanol–water partition coefficient (Wildman–Crippen LogP) is 5.87. The molecule has 1 N–H and O–H groups in total. The van der Waals surface area contributed by atoms with Crippen molar-refractivity contribution in [3.8, 4) is 17.1 Å². The fourth-order valence-corrected chi connectivity index (χ4v) is 4.88. The number of carboxylic acid groups (broad SMARTS) is 1. The van der Waals surface area contributed by atoms with Crippen molar-refractivity contribution < 1.29 is 27.8 Å². The molecule has 0 radical (unpaired) electrons. The zero-order valence-electron chi connectivity index (χ0n) is 23.6. The van der Waals surface area contributed by atoms with E-state index in [9.17, 15) is 14.3 Å². The molecule has 222 valence electrons. The number of nitrogens with zero attached hydrogens (tertiary/aromatic N) is 6. The highest BCUT2D eigenvalue weighted by molar-refractivity contribution is 5.92. The summed E-state index contributed by atoms with van der Waals surface area (Å²) < 4.78 is 54.2. The molecule has 0 fully saturated rings. The number of aromatic carboxylic acids is 1. The number of hydrogen-bond acceptors (Lipinski definition) is 6. The molecule has 0 unspecified atom stereocenters. The molecule has 44 heavy (non-hydrogen) atoms. The molecule has 0 saturated carbocycles. The van der Waals surface area contributed by atoms with E-state index >= 15 is 8.78 Å². The predicted molar refractivity (Wildman–Crippen MR) is 155 cm³/mol. The van der Waals surface area contributed by atoms with Gasteiger partial charge in [0.1, 0.15) is 42.0 Å². The number of ether oxygens (including phenoxy) is 1. The number of carboxylic acids is 1. The summed E-state index contributed by atoms with van der Waals surface area (Å²) in [5.74, 6) is -1.82. The van der Waals surface area contributed by atoms with E-state index in [1.807, 2.05) is 0 Å². The number of benzene rings is 3. The summed E-state index contributed by atoms with van der Waals surface area (Å²) >= 11 is 0. The minimum absolute atomic E-state index is 0.0430. The van der Waals surface area contributed by atoms with Crippen molar-refractivity contribution in [1.82, 2.24) is 29.3 Å². The Bertz CT molecular complexity index is 2040. The maximum atomic E-state index is 15.5. The summed E-state index contributed by atoms with van der Waals surface area (Å²) in [4.78, 5) is 24.8. The van der Waals surface area contributed by atoms with Gasteiger partial charge in [-0.15, -0.1) is 0 Å². The Morgan fingerprint density at radius 3 is 2.48 bits per heavy atom. The number of aryl methyl sites for hydroxylation is 2. The lowest BCUT2D eigenvalue weighted by molar-refractivity contribution is 0.0697. The Morgan fingerprint density at radius 2 is 1.73 bits per heavy atom. The highest BCUT2D eigenvalue weighted by atomic mass is 19.1. The molecule has 3 heterocycles. The third-order valence-corrected chi connectivity index (χ3v) is 7.25. The molecule has 12 heteroatoms. The Labute approximate surface area is 249 Å². The van der Waals surface area contributed by atoms with E-state index in [1.165, 1.54) is 30.6 Å². The smallest absolute Gasteiger partial charge is 0.335 e. The molecule has 3 aromatic heterocycles. The molecule has 0 aliphatic carbocycles. The molecule has 3 aromatic carbocycles. The molecule has 0 atom stereocenters. The second kappa shape index (κ2) is 11.6. The number of imidazole rings is 1. The van der Waals surface area contributed by atoms with Gasteiger partial charge in [0, 0.05) is 30.7 Å². The van der Waals surface area contributed by atoms with Gasteiger partial charge in [0.25, 0.3) is 0 Å². The van der Waals surface area contributed by atoms with Crippen LogP contribution in [0, 0.1) is 24.4 Å². The normalized spacial score (nSPS) is 11.3. The third-order valence-electron chi connectivity index (χ3n) is 7.25. The topological polar surface area (TPSA) is 108 Å². The SMILES string of the molecule is Cc1ccc(COc2cccc(-c3cc(F)c(Cc4nc5ccc(C(=O)O)cc5n4Cc4ncnn4C)cc3F)n2)c(F)c1. The van der Waals surface area contributed by atoms with Crippen molar-refractivity contribution >= 4 is 17.0 Å². The lowest BCUT2D eigenvalue weighted by Gasteiger charge is -2.12. The van der Waals surface area contributed by atoms with Crippen LogP contribution in [0.1, 0.15) is 38.7 Å². The first kappa shape index (κ1) is 28.6. The lowest BCUT2D eigenvalue weighted by Crippen LogP contribution is -2.11. The number of fused-ring (bicyclic) bond motifs is 1. The number of hydrogen-bond donors (Lipinski definition) is 1. The molecule has 0 saturated heterocycles. The van der Waals surface area contributed by atoms with Gasteiger partial charge in [-0.25, -0.2) is 32.9 Å². The molecule has 0 aliphatic heterocycles. The summed E-state index contributed by atoms with van der Waals surface area (Å²) in [5.41, 5.74) is 2.30. The fourth-order valence-electron chi connectivity index (χ4n) is 4.88. The molecule has 0 spiro atoms. The van der Waals surface area contributed by atoms with Gasteiger partial charge in [0.15, 0.2) is 0 Å². The first-order chi connectivity index (χ1) is 21.2. The van der Waals surface area contributed by atoms with E-state index in [0.29, 0.717) is 28.2 Å². The van der Waals surface area contributed by atoms with Gasteiger partial charge in [-0.05, 0) is 60.5 Å². The Kier molecular flexibility index (Phi) is 7.56. The van der Waals surface area contributed by atoms with E-state index in [4.69, 9.17) is 4.74 Å². The first-order valence-corrected chi connectivity index (χ1v) is 13.5. The summed E-state index contributed by atoms with van der Waals surface area (Å²) in [6.07, 6.45) is 1.30. The average Bonchev–Trinajstić information content (AvgIpc) is 3.56. The molecular weight excluding hydrogens is 573 g/mol. The monoisotopic (exact) mass is 598 g/mol. The molecule has 6 rings (SSSR count). The van der Waals surface area contributed by atoms with Crippen LogP contribution < -0.4 is 4.74 Å². The van der Waals surface area contributed by atoms with Crippen molar-refractivity contribution in [1.29, 1.82) is 0 Å². The number of aromatic nitrogens is 6. The van der Waals surface area contributed by atoms with E-state index in [-0.39, 0.29) is 47.8 Å². The van der Waals surface area contributed by atoms with Gasteiger partial charge in [-0.1, -0.05) is 18.2 Å². The Balaban J connectivity index is 1.30. The second-order valence-corrected chi connectivity index (χ2v) is 10.3. The van der Waals surface area contributed by atoms with E-state index < -0.39 is 23.4 Å². The second-order valence-electron chi connectivity index (χ2n) is 10.3. The standard InChI is InChI=1S/C32H25F3N6O3/c1-18-6-7-20(23(33)10-18)16-44-31-5-3-4-26(39-31)22-14-24(34)21(11-25(22)35)13-29-38-27-9-8-19(32(42)43)12-28(27)41(29)15-30-36-17-37-40(30)2/h3-12,14,17H,13,15-16H2,1-2H3,(H,42,43). The number of pyridine rings is 1. The number of carbonyl (C=O) groups is 1. The van der Waals surface area contributed by atoms with Crippen LogP contribution in [0.2, 0.25) is 0 Å². The largest absolute Gasteiger partial charge is 0.478 e.